The molecule has 106 valence electrons. The van der Waals surface area contributed by atoms with E-state index in [1.54, 1.807) is 0 Å². The van der Waals surface area contributed by atoms with Crippen LogP contribution in [0.5, 0.6) is 5.75 Å². The maximum absolute atomic E-state index is 10.4. The first-order valence-corrected chi connectivity index (χ1v) is 6.42. The number of benzene rings is 1. The average molecular weight is 266 g/mol. The van der Waals surface area contributed by atoms with Gasteiger partial charge in [0.05, 0.1) is 6.61 Å². The minimum Gasteiger partial charge on any atom is -0.494 e. The lowest BCUT2D eigenvalue weighted by Gasteiger charge is -2.09. The van der Waals surface area contributed by atoms with E-state index in [-0.39, 0.29) is 6.61 Å². The number of hydrogen-bond donors (Lipinski definition) is 2. The summed E-state index contributed by atoms with van der Waals surface area (Å²) >= 11 is 0. The normalized spacial score (nSPS) is 10.7. The minimum atomic E-state index is -0.499. The summed E-state index contributed by atoms with van der Waals surface area (Å²) in [5, 5.41) is 0. The molecule has 0 radical (unpaired) electrons. The molecule has 1 rings (SSSR count). The van der Waals surface area contributed by atoms with Gasteiger partial charge in [0.2, 0.25) is 5.91 Å². The highest BCUT2D eigenvalue weighted by molar-refractivity contribution is 5.74. The van der Waals surface area contributed by atoms with Crippen molar-refractivity contribution in [3.8, 4) is 5.75 Å². The second-order valence-corrected chi connectivity index (χ2v) is 4.75. The summed E-state index contributed by atoms with van der Waals surface area (Å²) < 4.78 is 5.62. The van der Waals surface area contributed by atoms with Gasteiger partial charge in [0.25, 0.3) is 0 Å². The molecule has 0 aromatic heterocycles. The van der Waals surface area contributed by atoms with Crippen molar-refractivity contribution >= 4 is 5.91 Å². The zero-order valence-electron chi connectivity index (χ0n) is 11.5. The van der Waals surface area contributed by atoms with Gasteiger partial charge in [-0.3, -0.25) is 9.63 Å². The Morgan fingerprint density at radius 3 is 2.58 bits per heavy atom. The Bertz CT molecular complexity index is 377. The highest BCUT2D eigenvalue weighted by Gasteiger charge is 1.98. The molecule has 5 nitrogen and oxygen atoms in total. The lowest BCUT2D eigenvalue weighted by molar-refractivity contribution is -0.125. The van der Waals surface area contributed by atoms with Gasteiger partial charge in [-0.1, -0.05) is 26.0 Å². The summed E-state index contributed by atoms with van der Waals surface area (Å²) in [5.41, 5.74) is 8.65. The second-order valence-electron chi connectivity index (χ2n) is 4.75. The van der Waals surface area contributed by atoms with Crippen molar-refractivity contribution in [2.24, 2.45) is 11.7 Å². The third-order valence-electron chi connectivity index (χ3n) is 2.48. The molecule has 0 fully saturated rings. The van der Waals surface area contributed by atoms with Gasteiger partial charge in [-0.15, -0.1) is 0 Å². The Morgan fingerprint density at radius 1 is 1.32 bits per heavy atom. The maximum atomic E-state index is 10.4. The van der Waals surface area contributed by atoms with Gasteiger partial charge < -0.3 is 10.5 Å². The van der Waals surface area contributed by atoms with Crippen LogP contribution in [0, 0.1) is 5.92 Å². The Morgan fingerprint density at radius 2 is 2.00 bits per heavy atom. The number of rotatable bonds is 9. The van der Waals surface area contributed by atoms with Gasteiger partial charge >= 0.3 is 0 Å². The summed E-state index contributed by atoms with van der Waals surface area (Å²) in [4.78, 5) is 15.3. The van der Waals surface area contributed by atoms with Gasteiger partial charge in [0, 0.05) is 6.54 Å². The first-order chi connectivity index (χ1) is 9.08. The lowest BCUT2D eigenvalue weighted by atomic mass is 10.1. The Labute approximate surface area is 114 Å². The molecule has 1 amide bonds. The van der Waals surface area contributed by atoms with Crippen LogP contribution in [-0.2, 0) is 16.2 Å². The molecule has 1 aromatic carbocycles. The largest absolute Gasteiger partial charge is 0.494 e. The number of nitrogens with one attached hydrogen (secondary N) is 1. The Hall–Kier alpha value is -1.59. The molecule has 0 aliphatic carbocycles. The molecule has 0 saturated carbocycles. The van der Waals surface area contributed by atoms with E-state index >= 15 is 0 Å². The third-order valence-corrected chi connectivity index (χ3v) is 2.48. The minimum absolute atomic E-state index is 0.129. The lowest BCUT2D eigenvalue weighted by Crippen LogP contribution is -2.24. The van der Waals surface area contributed by atoms with Crippen molar-refractivity contribution in [1.82, 2.24) is 5.48 Å². The van der Waals surface area contributed by atoms with Gasteiger partial charge in [-0.05, 0) is 30.0 Å². The van der Waals surface area contributed by atoms with Crippen LogP contribution in [0.2, 0.25) is 0 Å². The van der Waals surface area contributed by atoms with Crippen LogP contribution in [-0.4, -0.2) is 19.1 Å². The molecule has 0 spiro atoms. The molecule has 0 unspecified atom stereocenters. The number of carbonyl (C=O) groups excluding carboxylic acids is 1. The standard InChI is InChI=1S/C14H22N2O3/c1-11(2)7-8-18-13-5-3-12(4-6-13)9-16-19-10-14(15)17/h3-6,11,16H,7-10H2,1-2H3,(H2,15,17). The van der Waals surface area contributed by atoms with Crippen molar-refractivity contribution in [3.63, 3.8) is 0 Å². The van der Waals surface area contributed by atoms with E-state index in [9.17, 15) is 4.79 Å². The van der Waals surface area contributed by atoms with Crippen LogP contribution in [0.1, 0.15) is 25.8 Å². The maximum Gasteiger partial charge on any atom is 0.245 e. The number of carbonyl (C=O) groups is 1. The molecule has 19 heavy (non-hydrogen) atoms. The molecular formula is C14H22N2O3. The number of nitrogens with two attached hydrogens (primary N) is 1. The molecule has 1 aromatic rings. The van der Waals surface area contributed by atoms with E-state index in [0.29, 0.717) is 12.5 Å². The van der Waals surface area contributed by atoms with Crippen molar-refractivity contribution in [2.45, 2.75) is 26.8 Å². The molecule has 0 saturated heterocycles. The number of hydrogen-bond acceptors (Lipinski definition) is 4. The van der Waals surface area contributed by atoms with Crippen LogP contribution < -0.4 is 16.0 Å². The second kappa shape index (κ2) is 8.50. The smallest absolute Gasteiger partial charge is 0.245 e. The fourth-order valence-corrected chi connectivity index (χ4v) is 1.37. The van der Waals surface area contributed by atoms with Gasteiger partial charge in [0.15, 0.2) is 0 Å². The first kappa shape index (κ1) is 15.5. The SMILES string of the molecule is CC(C)CCOc1ccc(CNOCC(N)=O)cc1. The predicted octanol–water partition coefficient (Wildman–Crippen LogP) is 1.62. The number of primary amides is 1. The van der Waals surface area contributed by atoms with Gasteiger partial charge in [0.1, 0.15) is 12.4 Å². The number of hydroxylamine groups is 1. The summed E-state index contributed by atoms with van der Waals surface area (Å²) in [5.74, 6) is 1.01. The van der Waals surface area contributed by atoms with Crippen molar-refractivity contribution < 1.29 is 14.4 Å². The fourth-order valence-electron chi connectivity index (χ4n) is 1.37. The molecule has 0 aliphatic rings. The first-order valence-electron chi connectivity index (χ1n) is 6.42. The molecule has 0 heterocycles. The monoisotopic (exact) mass is 266 g/mol. The fraction of sp³-hybridized carbons (Fsp3) is 0.500. The number of amides is 1. The predicted molar refractivity (Wildman–Crippen MR) is 73.4 cm³/mol. The Kier molecular flexibility index (Phi) is 6.92. The van der Waals surface area contributed by atoms with Crippen molar-refractivity contribution in [1.29, 1.82) is 0 Å². The van der Waals surface area contributed by atoms with Crippen LogP contribution in [0.4, 0.5) is 0 Å². The summed E-state index contributed by atoms with van der Waals surface area (Å²) in [6, 6.07) is 7.74. The topological polar surface area (TPSA) is 73.6 Å². The van der Waals surface area contributed by atoms with Crippen LogP contribution in [0.25, 0.3) is 0 Å². The summed E-state index contributed by atoms with van der Waals surface area (Å²) in [6.07, 6.45) is 1.05. The Balaban J connectivity index is 2.25. The van der Waals surface area contributed by atoms with E-state index in [1.807, 2.05) is 24.3 Å². The van der Waals surface area contributed by atoms with E-state index in [1.165, 1.54) is 0 Å². The van der Waals surface area contributed by atoms with E-state index in [0.717, 1.165) is 24.3 Å². The van der Waals surface area contributed by atoms with Crippen LogP contribution in [0.15, 0.2) is 24.3 Å². The van der Waals surface area contributed by atoms with E-state index in [2.05, 4.69) is 19.3 Å². The molecular weight excluding hydrogens is 244 g/mol. The average Bonchev–Trinajstić information content (AvgIpc) is 2.36. The molecule has 3 N–H and O–H groups in total. The summed E-state index contributed by atoms with van der Waals surface area (Å²) in [6.45, 7) is 5.46. The highest BCUT2D eigenvalue weighted by Crippen LogP contribution is 2.13. The van der Waals surface area contributed by atoms with Gasteiger partial charge in [-0.2, -0.15) is 5.48 Å². The van der Waals surface area contributed by atoms with Crippen molar-refractivity contribution in [3.05, 3.63) is 29.8 Å². The van der Waals surface area contributed by atoms with Gasteiger partial charge in [-0.25, -0.2) is 0 Å². The molecule has 0 bridgehead atoms. The molecule has 0 aliphatic heterocycles. The quantitative estimate of drug-likeness (QED) is 0.526. The third kappa shape index (κ3) is 7.43. The summed E-state index contributed by atoms with van der Waals surface area (Å²) in [7, 11) is 0. The number of ether oxygens (including phenoxy) is 1. The molecule has 0 atom stereocenters. The van der Waals surface area contributed by atoms with Crippen LogP contribution in [0.3, 0.4) is 0 Å². The zero-order chi connectivity index (χ0) is 14.1. The zero-order valence-corrected chi connectivity index (χ0v) is 11.5. The van der Waals surface area contributed by atoms with E-state index < -0.39 is 5.91 Å². The highest BCUT2D eigenvalue weighted by atomic mass is 16.6. The van der Waals surface area contributed by atoms with Crippen LogP contribution >= 0.6 is 0 Å². The van der Waals surface area contributed by atoms with Crippen molar-refractivity contribution in [2.75, 3.05) is 13.2 Å². The molecule has 5 heteroatoms. The van der Waals surface area contributed by atoms with E-state index in [4.69, 9.17) is 15.3 Å².